The summed E-state index contributed by atoms with van der Waals surface area (Å²) >= 11 is 0. The first-order chi connectivity index (χ1) is 10.1. The van der Waals surface area contributed by atoms with E-state index in [2.05, 4.69) is 49.2 Å². The van der Waals surface area contributed by atoms with Crippen molar-refractivity contribution < 1.29 is 0 Å². The zero-order valence-corrected chi connectivity index (χ0v) is 13.9. The van der Waals surface area contributed by atoms with Crippen molar-refractivity contribution in [2.45, 2.75) is 65.1 Å². The number of hydrogen-bond donors (Lipinski definition) is 1. The Kier molecular flexibility index (Phi) is 4.66. The normalized spacial score (nSPS) is 26.3. The predicted octanol–water partition coefficient (Wildman–Crippen LogP) is 3.38. The molecule has 1 aromatic carbocycles. The number of rotatable bonds is 4. The molecule has 116 valence electrons. The van der Waals surface area contributed by atoms with Crippen molar-refractivity contribution in [1.82, 2.24) is 10.2 Å². The van der Waals surface area contributed by atoms with Gasteiger partial charge in [-0.05, 0) is 55.2 Å². The molecular weight excluding hydrogens is 256 g/mol. The molecule has 2 atom stereocenters. The van der Waals surface area contributed by atoms with Crippen LogP contribution >= 0.6 is 0 Å². The van der Waals surface area contributed by atoms with Gasteiger partial charge in [0.1, 0.15) is 0 Å². The maximum atomic E-state index is 3.65. The second kappa shape index (κ2) is 6.50. The highest BCUT2D eigenvalue weighted by Gasteiger charge is 2.26. The number of nitrogens with one attached hydrogen (secondary N) is 1. The summed E-state index contributed by atoms with van der Waals surface area (Å²) in [5.74, 6) is 0.771. The molecule has 1 heterocycles. The Morgan fingerprint density at radius 1 is 1.24 bits per heavy atom. The SMILES string of the molecule is CC(C)CC1CNC(C)CN1Cc1ccc2c(c1)CCC2. The molecule has 1 aromatic rings. The lowest BCUT2D eigenvalue weighted by atomic mass is 9.98. The molecule has 21 heavy (non-hydrogen) atoms. The Balaban J connectivity index is 1.71. The fourth-order valence-corrected chi connectivity index (χ4v) is 3.96. The minimum absolute atomic E-state index is 0.614. The monoisotopic (exact) mass is 286 g/mol. The molecule has 0 aromatic heterocycles. The van der Waals surface area contributed by atoms with E-state index in [0.717, 1.165) is 19.0 Å². The minimum Gasteiger partial charge on any atom is -0.311 e. The van der Waals surface area contributed by atoms with Gasteiger partial charge in [-0.15, -0.1) is 0 Å². The van der Waals surface area contributed by atoms with Gasteiger partial charge in [0.05, 0.1) is 0 Å². The second-order valence-corrected chi connectivity index (χ2v) is 7.48. The maximum absolute atomic E-state index is 3.65. The zero-order chi connectivity index (χ0) is 14.8. The van der Waals surface area contributed by atoms with E-state index in [0.29, 0.717) is 12.1 Å². The largest absolute Gasteiger partial charge is 0.311 e. The molecule has 3 rings (SSSR count). The van der Waals surface area contributed by atoms with Gasteiger partial charge < -0.3 is 5.32 Å². The first-order valence-electron chi connectivity index (χ1n) is 8.70. The summed E-state index contributed by atoms with van der Waals surface area (Å²) in [6.45, 7) is 10.4. The third-order valence-electron chi connectivity index (χ3n) is 5.02. The van der Waals surface area contributed by atoms with Gasteiger partial charge in [-0.1, -0.05) is 32.0 Å². The van der Waals surface area contributed by atoms with Crippen molar-refractivity contribution in [1.29, 1.82) is 0 Å². The highest BCUT2D eigenvalue weighted by Crippen LogP contribution is 2.25. The van der Waals surface area contributed by atoms with E-state index in [1.807, 2.05) is 0 Å². The van der Waals surface area contributed by atoms with Crippen LogP contribution in [0.15, 0.2) is 18.2 Å². The molecule has 0 amide bonds. The van der Waals surface area contributed by atoms with E-state index in [1.165, 1.54) is 37.8 Å². The van der Waals surface area contributed by atoms with E-state index in [4.69, 9.17) is 0 Å². The van der Waals surface area contributed by atoms with E-state index >= 15 is 0 Å². The fraction of sp³-hybridized carbons (Fsp3) is 0.684. The number of hydrogen-bond acceptors (Lipinski definition) is 2. The number of piperazine rings is 1. The molecule has 0 radical (unpaired) electrons. The van der Waals surface area contributed by atoms with Gasteiger partial charge in [0.15, 0.2) is 0 Å². The van der Waals surface area contributed by atoms with Crippen LogP contribution in [0.1, 0.15) is 50.3 Å². The first-order valence-corrected chi connectivity index (χ1v) is 8.70. The predicted molar refractivity (Wildman–Crippen MR) is 89.6 cm³/mol. The Morgan fingerprint density at radius 2 is 2.05 bits per heavy atom. The summed E-state index contributed by atoms with van der Waals surface area (Å²) in [4.78, 5) is 2.71. The highest BCUT2D eigenvalue weighted by molar-refractivity contribution is 5.35. The van der Waals surface area contributed by atoms with E-state index in [1.54, 1.807) is 11.1 Å². The third kappa shape index (κ3) is 3.67. The van der Waals surface area contributed by atoms with Crippen LogP contribution in [0.2, 0.25) is 0 Å². The molecule has 2 aliphatic rings. The summed E-state index contributed by atoms with van der Waals surface area (Å²) in [7, 11) is 0. The molecule has 1 aliphatic carbocycles. The van der Waals surface area contributed by atoms with Crippen LogP contribution in [-0.4, -0.2) is 30.1 Å². The van der Waals surface area contributed by atoms with Crippen LogP contribution in [-0.2, 0) is 19.4 Å². The molecule has 0 saturated carbocycles. The van der Waals surface area contributed by atoms with Crippen molar-refractivity contribution in [3.05, 3.63) is 34.9 Å². The van der Waals surface area contributed by atoms with Crippen LogP contribution in [0.4, 0.5) is 0 Å². The number of nitrogens with zero attached hydrogens (tertiary/aromatic N) is 1. The highest BCUT2D eigenvalue weighted by atomic mass is 15.2. The standard InChI is InChI=1S/C19H30N2/c1-14(2)9-19-11-20-15(3)12-21(19)13-16-7-8-17-5-4-6-18(17)10-16/h7-8,10,14-15,19-20H,4-6,9,11-13H2,1-3H3. The number of aryl methyl sites for hydroxylation is 2. The third-order valence-corrected chi connectivity index (χ3v) is 5.02. The van der Waals surface area contributed by atoms with Gasteiger partial charge in [-0.3, -0.25) is 4.90 Å². The summed E-state index contributed by atoms with van der Waals surface area (Å²) in [6, 6.07) is 8.52. The first kappa shape index (κ1) is 15.1. The van der Waals surface area contributed by atoms with Gasteiger partial charge in [0, 0.05) is 31.7 Å². The van der Waals surface area contributed by atoms with Crippen LogP contribution in [0.25, 0.3) is 0 Å². The summed E-state index contributed by atoms with van der Waals surface area (Å²) < 4.78 is 0. The van der Waals surface area contributed by atoms with Crippen molar-refractivity contribution >= 4 is 0 Å². The lowest BCUT2D eigenvalue weighted by molar-refractivity contribution is 0.111. The number of fused-ring (bicyclic) bond motifs is 1. The van der Waals surface area contributed by atoms with Crippen molar-refractivity contribution in [3.63, 3.8) is 0 Å². The van der Waals surface area contributed by atoms with E-state index in [9.17, 15) is 0 Å². The molecule has 1 saturated heterocycles. The molecule has 2 unspecified atom stereocenters. The van der Waals surface area contributed by atoms with Gasteiger partial charge in [-0.25, -0.2) is 0 Å². The lowest BCUT2D eigenvalue weighted by Gasteiger charge is -2.40. The van der Waals surface area contributed by atoms with Gasteiger partial charge in [-0.2, -0.15) is 0 Å². The summed E-state index contributed by atoms with van der Waals surface area (Å²) in [6.07, 6.45) is 5.22. The molecule has 1 fully saturated rings. The molecule has 0 spiro atoms. The van der Waals surface area contributed by atoms with Crippen LogP contribution in [0.3, 0.4) is 0 Å². The Morgan fingerprint density at radius 3 is 2.86 bits per heavy atom. The Bertz CT molecular complexity index is 480. The summed E-state index contributed by atoms with van der Waals surface area (Å²) in [5, 5.41) is 3.65. The Hall–Kier alpha value is -0.860. The van der Waals surface area contributed by atoms with Gasteiger partial charge in [0.25, 0.3) is 0 Å². The van der Waals surface area contributed by atoms with Gasteiger partial charge in [0.2, 0.25) is 0 Å². The van der Waals surface area contributed by atoms with Crippen molar-refractivity contribution in [3.8, 4) is 0 Å². The average Bonchev–Trinajstić information content (AvgIpc) is 2.89. The smallest absolute Gasteiger partial charge is 0.0237 e. The average molecular weight is 286 g/mol. The second-order valence-electron chi connectivity index (χ2n) is 7.48. The fourth-order valence-electron chi connectivity index (χ4n) is 3.96. The van der Waals surface area contributed by atoms with Crippen LogP contribution < -0.4 is 5.32 Å². The summed E-state index contributed by atoms with van der Waals surface area (Å²) in [5.41, 5.74) is 4.71. The van der Waals surface area contributed by atoms with Crippen LogP contribution in [0.5, 0.6) is 0 Å². The van der Waals surface area contributed by atoms with E-state index in [-0.39, 0.29) is 0 Å². The lowest BCUT2D eigenvalue weighted by Crippen LogP contribution is -2.55. The van der Waals surface area contributed by atoms with Crippen molar-refractivity contribution in [2.75, 3.05) is 13.1 Å². The molecule has 1 N–H and O–H groups in total. The van der Waals surface area contributed by atoms with Gasteiger partial charge >= 0.3 is 0 Å². The Labute approximate surface area is 129 Å². The quantitative estimate of drug-likeness (QED) is 0.913. The molecular formula is C19H30N2. The molecule has 2 heteroatoms. The maximum Gasteiger partial charge on any atom is 0.0237 e. The van der Waals surface area contributed by atoms with Crippen LogP contribution in [0, 0.1) is 5.92 Å². The van der Waals surface area contributed by atoms with Crippen molar-refractivity contribution in [2.24, 2.45) is 5.92 Å². The molecule has 2 nitrogen and oxygen atoms in total. The number of benzene rings is 1. The topological polar surface area (TPSA) is 15.3 Å². The minimum atomic E-state index is 0.614. The zero-order valence-electron chi connectivity index (χ0n) is 13.9. The van der Waals surface area contributed by atoms with E-state index < -0.39 is 0 Å². The molecule has 1 aliphatic heterocycles. The molecule has 0 bridgehead atoms.